The molecule has 1 amide bonds. The molecule has 0 spiro atoms. The van der Waals surface area contributed by atoms with Crippen LogP contribution in [0.1, 0.15) is 11.6 Å². The van der Waals surface area contributed by atoms with E-state index in [4.69, 9.17) is 31.5 Å². The number of anilines is 1. The lowest BCUT2D eigenvalue weighted by Gasteiger charge is -2.45. The van der Waals surface area contributed by atoms with Crippen LogP contribution in [0.3, 0.4) is 0 Å². The molecule has 0 aromatic heterocycles. The first-order valence-corrected chi connectivity index (χ1v) is 7.79. The van der Waals surface area contributed by atoms with E-state index in [0.29, 0.717) is 28.0 Å². The third kappa shape index (κ3) is 2.18. The third-order valence-electron chi connectivity index (χ3n) is 4.29. The largest absolute Gasteiger partial charge is 0.495 e. The summed E-state index contributed by atoms with van der Waals surface area (Å²) in [5.74, 6) is 1.75. The molecule has 2 atom stereocenters. The molecule has 0 aliphatic carbocycles. The van der Waals surface area contributed by atoms with Crippen molar-refractivity contribution >= 4 is 23.2 Å². The van der Waals surface area contributed by atoms with Crippen molar-refractivity contribution in [3.8, 4) is 17.2 Å². The highest BCUT2D eigenvalue weighted by Crippen LogP contribution is 2.43. The molecule has 0 radical (unpaired) electrons. The second-order valence-corrected chi connectivity index (χ2v) is 6.02. The van der Waals surface area contributed by atoms with Gasteiger partial charge in [-0.15, -0.1) is 0 Å². The number of nitrogens with zero attached hydrogens (tertiary/aromatic N) is 1. The first-order valence-electron chi connectivity index (χ1n) is 7.42. The van der Waals surface area contributed by atoms with Crippen molar-refractivity contribution in [3.63, 3.8) is 0 Å². The highest BCUT2D eigenvalue weighted by Gasteiger charge is 2.47. The van der Waals surface area contributed by atoms with Crippen LogP contribution in [0, 0.1) is 0 Å². The SMILES string of the molecule is COc1ccc(N2C(=O)[C@@H](N)[C@@H]2c2ccc3c(c2)OCO3)cc1Cl. The van der Waals surface area contributed by atoms with Crippen LogP contribution in [0.25, 0.3) is 0 Å². The fourth-order valence-electron chi connectivity index (χ4n) is 3.06. The first kappa shape index (κ1) is 15.1. The summed E-state index contributed by atoms with van der Waals surface area (Å²) < 4.78 is 15.9. The average Bonchev–Trinajstić information content (AvgIpc) is 3.06. The zero-order valence-electron chi connectivity index (χ0n) is 12.9. The van der Waals surface area contributed by atoms with Gasteiger partial charge in [0, 0.05) is 5.69 Å². The minimum absolute atomic E-state index is 0.154. The molecule has 0 unspecified atom stereocenters. The van der Waals surface area contributed by atoms with Crippen molar-refractivity contribution in [1.82, 2.24) is 0 Å². The molecular formula is C17H15ClN2O4. The number of methoxy groups -OCH3 is 1. The van der Waals surface area contributed by atoms with Gasteiger partial charge in [0.25, 0.3) is 0 Å². The Hall–Kier alpha value is -2.44. The molecular weight excluding hydrogens is 332 g/mol. The Balaban J connectivity index is 1.70. The van der Waals surface area contributed by atoms with E-state index in [9.17, 15) is 4.79 Å². The summed E-state index contributed by atoms with van der Waals surface area (Å²) in [6, 6.07) is 9.90. The van der Waals surface area contributed by atoms with Crippen molar-refractivity contribution < 1.29 is 19.0 Å². The number of carbonyl (C=O) groups excluding carboxylic acids is 1. The van der Waals surface area contributed by atoms with Gasteiger partial charge in [0.2, 0.25) is 12.7 Å². The molecule has 124 valence electrons. The summed E-state index contributed by atoms with van der Waals surface area (Å²) >= 11 is 6.18. The number of amides is 1. The van der Waals surface area contributed by atoms with Crippen molar-refractivity contribution in [3.05, 3.63) is 47.0 Å². The molecule has 2 aliphatic rings. The highest BCUT2D eigenvalue weighted by atomic mass is 35.5. The van der Waals surface area contributed by atoms with Crippen LogP contribution < -0.4 is 24.8 Å². The monoisotopic (exact) mass is 346 g/mol. The van der Waals surface area contributed by atoms with Crippen LogP contribution in [0.4, 0.5) is 5.69 Å². The average molecular weight is 347 g/mol. The number of rotatable bonds is 3. The number of halogens is 1. The molecule has 24 heavy (non-hydrogen) atoms. The minimum atomic E-state index is -0.605. The number of fused-ring (bicyclic) bond motifs is 1. The van der Waals surface area contributed by atoms with Gasteiger partial charge in [0.1, 0.15) is 11.8 Å². The standard InChI is InChI=1S/C17H15ClN2O4/c1-22-12-5-3-10(7-11(12)18)20-16(15(19)17(20)21)9-2-4-13-14(6-9)24-8-23-13/h2-7,15-16H,8,19H2,1H3/t15-,16-/m0/s1. The summed E-state index contributed by atoms with van der Waals surface area (Å²) in [5.41, 5.74) is 7.61. The molecule has 7 heteroatoms. The number of ether oxygens (including phenoxy) is 3. The van der Waals surface area contributed by atoms with Crippen LogP contribution in [-0.4, -0.2) is 25.9 Å². The predicted octanol–water partition coefficient (Wildman–Crippen LogP) is 2.49. The Bertz CT molecular complexity index is 826. The van der Waals surface area contributed by atoms with Crippen molar-refractivity contribution in [2.75, 3.05) is 18.8 Å². The minimum Gasteiger partial charge on any atom is -0.495 e. The topological polar surface area (TPSA) is 74.0 Å². The summed E-state index contributed by atoms with van der Waals surface area (Å²) in [5, 5.41) is 0.438. The molecule has 2 aromatic carbocycles. The Labute approximate surface area is 143 Å². The first-order chi connectivity index (χ1) is 11.6. The van der Waals surface area contributed by atoms with Gasteiger partial charge in [-0.05, 0) is 35.9 Å². The normalized spacial score (nSPS) is 21.6. The summed E-state index contributed by atoms with van der Waals surface area (Å²) in [6.45, 7) is 0.201. The second kappa shape index (κ2) is 5.58. The number of β-lactam (4-membered cyclic amide) rings is 1. The molecule has 1 fully saturated rings. The van der Waals surface area contributed by atoms with E-state index in [1.807, 2.05) is 18.2 Å². The van der Waals surface area contributed by atoms with Gasteiger partial charge in [-0.1, -0.05) is 17.7 Å². The van der Waals surface area contributed by atoms with Crippen LogP contribution >= 0.6 is 11.6 Å². The summed E-state index contributed by atoms with van der Waals surface area (Å²) in [7, 11) is 1.54. The maximum atomic E-state index is 12.3. The van der Waals surface area contributed by atoms with Crippen molar-refractivity contribution in [1.29, 1.82) is 0 Å². The van der Waals surface area contributed by atoms with E-state index in [2.05, 4.69) is 0 Å². The molecule has 2 heterocycles. The fraction of sp³-hybridized carbons (Fsp3) is 0.235. The number of nitrogens with two attached hydrogens (primary N) is 1. The summed E-state index contributed by atoms with van der Waals surface area (Å²) in [6.07, 6.45) is 0. The van der Waals surface area contributed by atoms with Gasteiger partial charge >= 0.3 is 0 Å². The Morgan fingerprint density at radius 1 is 1.21 bits per heavy atom. The zero-order chi connectivity index (χ0) is 16.8. The smallest absolute Gasteiger partial charge is 0.247 e. The van der Waals surface area contributed by atoms with E-state index >= 15 is 0 Å². The Morgan fingerprint density at radius 2 is 2.00 bits per heavy atom. The van der Waals surface area contributed by atoms with E-state index in [0.717, 1.165) is 5.56 Å². The van der Waals surface area contributed by atoms with Crippen LogP contribution in [0.2, 0.25) is 5.02 Å². The maximum Gasteiger partial charge on any atom is 0.247 e. The molecule has 1 saturated heterocycles. The van der Waals surface area contributed by atoms with Crippen LogP contribution in [0.15, 0.2) is 36.4 Å². The molecule has 2 aliphatic heterocycles. The molecule has 2 aromatic rings. The number of carbonyl (C=O) groups is 1. The number of hydrogen-bond donors (Lipinski definition) is 1. The molecule has 0 bridgehead atoms. The van der Waals surface area contributed by atoms with Gasteiger partial charge in [0.05, 0.1) is 18.2 Å². The van der Waals surface area contributed by atoms with E-state index < -0.39 is 6.04 Å². The predicted molar refractivity (Wildman–Crippen MR) is 88.8 cm³/mol. The van der Waals surface area contributed by atoms with E-state index in [-0.39, 0.29) is 18.7 Å². The van der Waals surface area contributed by atoms with Gasteiger partial charge in [0.15, 0.2) is 11.5 Å². The number of hydrogen-bond acceptors (Lipinski definition) is 5. The highest BCUT2D eigenvalue weighted by molar-refractivity contribution is 6.32. The maximum absolute atomic E-state index is 12.3. The zero-order valence-corrected chi connectivity index (χ0v) is 13.6. The van der Waals surface area contributed by atoms with Crippen LogP contribution in [0.5, 0.6) is 17.2 Å². The van der Waals surface area contributed by atoms with Gasteiger partial charge in [-0.2, -0.15) is 0 Å². The molecule has 6 nitrogen and oxygen atoms in total. The van der Waals surface area contributed by atoms with Gasteiger partial charge in [-0.25, -0.2) is 0 Å². The van der Waals surface area contributed by atoms with Crippen LogP contribution in [-0.2, 0) is 4.79 Å². The van der Waals surface area contributed by atoms with Crippen molar-refractivity contribution in [2.24, 2.45) is 5.73 Å². The Kier molecular flexibility index (Phi) is 3.51. The number of benzene rings is 2. The second-order valence-electron chi connectivity index (χ2n) is 5.61. The Morgan fingerprint density at radius 3 is 2.75 bits per heavy atom. The fourth-order valence-corrected chi connectivity index (χ4v) is 3.31. The summed E-state index contributed by atoms with van der Waals surface area (Å²) in [4.78, 5) is 13.9. The van der Waals surface area contributed by atoms with Gasteiger partial charge < -0.3 is 24.8 Å². The van der Waals surface area contributed by atoms with E-state index in [1.165, 1.54) is 0 Å². The third-order valence-corrected chi connectivity index (χ3v) is 4.59. The molecule has 4 rings (SSSR count). The lowest BCUT2D eigenvalue weighted by Crippen LogP contribution is -2.63. The van der Waals surface area contributed by atoms with Crippen molar-refractivity contribution in [2.45, 2.75) is 12.1 Å². The lowest BCUT2D eigenvalue weighted by atomic mass is 9.88. The lowest BCUT2D eigenvalue weighted by molar-refractivity contribution is -0.126. The quantitative estimate of drug-likeness (QED) is 0.864. The molecule has 2 N–H and O–H groups in total. The van der Waals surface area contributed by atoms with E-state index in [1.54, 1.807) is 30.2 Å². The molecule has 0 saturated carbocycles. The van der Waals surface area contributed by atoms with Gasteiger partial charge in [-0.3, -0.25) is 4.79 Å².